The van der Waals surface area contributed by atoms with Crippen LogP contribution in [-0.4, -0.2) is 6.54 Å². The highest BCUT2D eigenvalue weighted by atomic mass is 14.9. The molecule has 0 aromatic carbocycles. The zero-order valence-electron chi connectivity index (χ0n) is 12.1. The van der Waals surface area contributed by atoms with E-state index >= 15 is 0 Å². The third-order valence-corrected chi connectivity index (χ3v) is 2.99. The van der Waals surface area contributed by atoms with E-state index < -0.39 is 0 Å². The Morgan fingerprint density at radius 2 is 1.88 bits per heavy atom. The molecule has 1 nitrogen and oxygen atoms in total. The van der Waals surface area contributed by atoms with E-state index in [2.05, 4.69) is 59.2 Å². The summed E-state index contributed by atoms with van der Waals surface area (Å²) in [6.07, 6.45) is 5.24. The number of allylic oxidation sites excluding steroid dienone is 4. The predicted molar refractivity (Wildman–Crippen MR) is 78.9 cm³/mol. The van der Waals surface area contributed by atoms with E-state index in [1.807, 2.05) is 6.08 Å². The fraction of sp³-hybridized carbons (Fsp3) is 0.500. The van der Waals surface area contributed by atoms with Gasteiger partial charge in [0.15, 0.2) is 0 Å². The molecule has 0 unspecified atom stereocenters. The minimum Gasteiger partial charge on any atom is -0.385 e. The second-order valence-corrected chi connectivity index (χ2v) is 4.79. The molecule has 96 valence electrons. The first kappa shape index (κ1) is 15.8. The quantitative estimate of drug-likeness (QED) is 0.633. The average Bonchev–Trinajstić information content (AvgIpc) is 2.32. The maximum absolute atomic E-state index is 4.03. The summed E-state index contributed by atoms with van der Waals surface area (Å²) in [7, 11) is 0. The van der Waals surface area contributed by atoms with Gasteiger partial charge in [-0.1, -0.05) is 51.7 Å². The molecule has 0 aliphatic heterocycles. The summed E-state index contributed by atoms with van der Waals surface area (Å²) < 4.78 is 0. The van der Waals surface area contributed by atoms with Gasteiger partial charge in [-0.25, -0.2) is 0 Å². The number of rotatable bonds is 7. The van der Waals surface area contributed by atoms with Crippen LogP contribution in [0.1, 0.15) is 41.0 Å². The minimum atomic E-state index is 0.469. The summed E-state index contributed by atoms with van der Waals surface area (Å²) in [5, 5.41) is 3.38. The Morgan fingerprint density at radius 3 is 2.29 bits per heavy atom. The molecule has 0 saturated heterocycles. The topological polar surface area (TPSA) is 12.0 Å². The zero-order valence-corrected chi connectivity index (χ0v) is 12.1. The van der Waals surface area contributed by atoms with Crippen molar-refractivity contribution in [3.05, 3.63) is 47.7 Å². The Labute approximate surface area is 107 Å². The summed E-state index contributed by atoms with van der Waals surface area (Å²) >= 11 is 0. The van der Waals surface area contributed by atoms with Gasteiger partial charge in [0.25, 0.3) is 0 Å². The van der Waals surface area contributed by atoms with Crippen molar-refractivity contribution in [3.63, 3.8) is 0 Å². The fourth-order valence-electron chi connectivity index (χ4n) is 1.25. The molecule has 0 spiro atoms. The highest BCUT2D eigenvalue weighted by Crippen LogP contribution is 2.12. The van der Waals surface area contributed by atoms with E-state index in [-0.39, 0.29) is 0 Å². The molecule has 0 fully saturated rings. The third-order valence-electron chi connectivity index (χ3n) is 2.99. The highest BCUT2D eigenvalue weighted by Gasteiger charge is 2.02. The average molecular weight is 233 g/mol. The molecule has 0 saturated carbocycles. The van der Waals surface area contributed by atoms with Crippen LogP contribution in [0.5, 0.6) is 0 Å². The maximum atomic E-state index is 4.03. The summed E-state index contributed by atoms with van der Waals surface area (Å²) in [6.45, 7) is 19.4. The van der Waals surface area contributed by atoms with Crippen LogP contribution < -0.4 is 5.32 Å². The normalized spacial score (nSPS) is 13.4. The van der Waals surface area contributed by atoms with Gasteiger partial charge in [0.2, 0.25) is 0 Å². The van der Waals surface area contributed by atoms with Crippen molar-refractivity contribution in [3.8, 4) is 0 Å². The standard InChI is InChI=1S/C16H27N/c1-8-13(5)10-16(14(6)9-2)11-17-15(7)12(3)4/h9-10,12,17H,2,7-8,11H2,1,3-6H3/b13-10+,16-14+. The van der Waals surface area contributed by atoms with Crippen LogP contribution in [0.4, 0.5) is 0 Å². The Bertz CT molecular complexity index is 329. The molecule has 1 heteroatoms. The number of hydrogen-bond acceptors (Lipinski definition) is 1. The monoisotopic (exact) mass is 233 g/mol. The third kappa shape index (κ3) is 6.15. The van der Waals surface area contributed by atoms with Crippen molar-refractivity contribution >= 4 is 0 Å². The lowest BCUT2D eigenvalue weighted by molar-refractivity contribution is 0.679. The minimum absolute atomic E-state index is 0.469. The van der Waals surface area contributed by atoms with Gasteiger partial charge in [0.05, 0.1) is 0 Å². The van der Waals surface area contributed by atoms with E-state index in [1.165, 1.54) is 16.7 Å². The van der Waals surface area contributed by atoms with Crippen molar-refractivity contribution in [1.82, 2.24) is 5.32 Å². The molecule has 17 heavy (non-hydrogen) atoms. The second kappa shape index (κ2) is 7.94. The van der Waals surface area contributed by atoms with E-state index in [1.54, 1.807) is 0 Å². The molecular weight excluding hydrogens is 206 g/mol. The molecule has 0 aromatic heterocycles. The smallest absolute Gasteiger partial charge is 0.0400 e. The van der Waals surface area contributed by atoms with Gasteiger partial charge in [-0.3, -0.25) is 0 Å². The molecule has 0 radical (unpaired) electrons. The summed E-state index contributed by atoms with van der Waals surface area (Å²) in [6, 6.07) is 0. The lowest BCUT2D eigenvalue weighted by Gasteiger charge is -2.15. The van der Waals surface area contributed by atoms with Crippen LogP contribution in [0.2, 0.25) is 0 Å². The first-order valence-electron chi connectivity index (χ1n) is 6.34. The van der Waals surface area contributed by atoms with Crippen LogP contribution in [0, 0.1) is 5.92 Å². The molecule has 1 N–H and O–H groups in total. The largest absolute Gasteiger partial charge is 0.385 e. The Morgan fingerprint density at radius 1 is 1.29 bits per heavy atom. The van der Waals surface area contributed by atoms with Gasteiger partial charge in [-0.05, 0) is 37.3 Å². The van der Waals surface area contributed by atoms with E-state index in [0.717, 1.165) is 18.7 Å². The summed E-state index contributed by atoms with van der Waals surface area (Å²) in [5.74, 6) is 0.469. The van der Waals surface area contributed by atoms with Gasteiger partial charge >= 0.3 is 0 Å². The zero-order chi connectivity index (χ0) is 13.4. The molecule has 0 heterocycles. The van der Waals surface area contributed by atoms with Gasteiger partial charge < -0.3 is 5.32 Å². The molecule has 0 bridgehead atoms. The molecule has 0 aliphatic carbocycles. The maximum Gasteiger partial charge on any atom is 0.0400 e. The van der Waals surface area contributed by atoms with Crippen LogP contribution in [0.3, 0.4) is 0 Å². The highest BCUT2D eigenvalue weighted by molar-refractivity contribution is 5.34. The van der Waals surface area contributed by atoms with Crippen molar-refractivity contribution in [2.75, 3.05) is 6.54 Å². The second-order valence-electron chi connectivity index (χ2n) is 4.79. The summed E-state index contributed by atoms with van der Waals surface area (Å²) in [5.41, 5.74) is 4.99. The van der Waals surface area contributed by atoms with Gasteiger partial charge in [-0.15, -0.1) is 0 Å². The lowest BCUT2D eigenvalue weighted by Crippen LogP contribution is -2.19. The van der Waals surface area contributed by atoms with Gasteiger partial charge in [0, 0.05) is 12.2 Å². The molecule has 0 aliphatic rings. The lowest BCUT2D eigenvalue weighted by atomic mass is 10.0. The molecular formula is C16H27N. The Hall–Kier alpha value is -1.24. The van der Waals surface area contributed by atoms with Crippen molar-refractivity contribution < 1.29 is 0 Å². The first-order valence-corrected chi connectivity index (χ1v) is 6.34. The SMILES string of the molecule is C=C/C(C)=C(\C=C(/C)CC)CNC(=C)C(C)C. The van der Waals surface area contributed by atoms with Crippen LogP contribution in [0.25, 0.3) is 0 Å². The molecule has 0 rings (SSSR count). The predicted octanol–water partition coefficient (Wildman–Crippen LogP) is 4.60. The fourth-order valence-corrected chi connectivity index (χ4v) is 1.25. The number of nitrogens with one attached hydrogen (secondary N) is 1. The summed E-state index contributed by atoms with van der Waals surface area (Å²) in [4.78, 5) is 0. The van der Waals surface area contributed by atoms with Crippen LogP contribution in [0.15, 0.2) is 47.7 Å². The van der Waals surface area contributed by atoms with E-state index in [9.17, 15) is 0 Å². The van der Waals surface area contributed by atoms with E-state index in [0.29, 0.717) is 5.92 Å². The number of hydrogen-bond donors (Lipinski definition) is 1. The Kier molecular flexibility index (Phi) is 7.36. The van der Waals surface area contributed by atoms with Gasteiger partial charge in [0.1, 0.15) is 0 Å². The molecule has 0 atom stereocenters. The van der Waals surface area contributed by atoms with Crippen molar-refractivity contribution in [2.45, 2.75) is 41.0 Å². The molecule has 0 aromatic rings. The Balaban J connectivity index is 4.76. The van der Waals surface area contributed by atoms with Crippen molar-refractivity contribution in [2.24, 2.45) is 5.92 Å². The van der Waals surface area contributed by atoms with Crippen LogP contribution in [-0.2, 0) is 0 Å². The first-order chi connectivity index (χ1) is 7.92. The van der Waals surface area contributed by atoms with E-state index in [4.69, 9.17) is 0 Å². The van der Waals surface area contributed by atoms with Gasteiger partial charge in [-0.2, -0.15) is 0 Å². The van der Waals surface area contributed by atoms with Crippen molar-refractivity contribution in [1.29, 1.82) is 0 Å². The van der Waals surface area contributed by atoms with Crippen LogP contribution >= 0.6 is 0 Å². The molecule has 0 amide bonds.